The zero-order valence-corrected chi connectivity index (χ0v) is 11.2. The van der Waals surface area contributed by atoms with Crippen LogP contribution in [-0.4, -0.2) is 12.4 Å². The Morgan fingerprint density at radius 2 is 2.00 bits per heavy atom. The minimum Gasteiger partial charge on any atom is -0.485 e. The van der Waals surface area contributed by atoms with E-state index in [1.54, 1.807) is 0 Å². The molecule has 2 nitrogen and oxygen atoms in total. The molecule has 1 heterocycles. The second kappa shape index (κ2) is 6.36. The van der Waals surface area contributed by atoms with E-state index in [4.69, 9.17) is 4.74 Å². The number of carbonyl (C=O) groups excluding carboxylic acids is 1. The summed E-state index contributed by atoms with van der Waals surface area (Å²) in [6.07, 6.45) is 2.21. The molecule has 0 aliphatic heterocycles. The zero-order valence-electron chi connectivity index (χ0n) is 10.4. The molecule has 1 aromatic carbocycles. The van der Waals surface area contributed by atoms with Gasteiger partial charge in [0.1, 0.15) is 5.75 Å². The topological polar surface area (TPSA) is 26.3 Å². The van der Waals surface area contributed by atoms with Gasteiger partial charge in [-0.25, -0.2) is 0 Å². The van der Waals surface area contributed by atoms with Crippen LogP contribution in [0.2, 0.25) is 0 Å². The van der Waals surface area contributed by atoms with Crippen molar-refractivity contribution in [3.05, 3.63) is 52.2 Å². The van der Waals surface area contributed by atoms with E-state index in [1.165, 1.54) is 16.9 Å². The van der Waals surface area contributed by atoms with Gasteiger partial charge in [-0.15, -0.1) is 11.3 Å². The molecule has 0 fully saturated rings. The molecule has 0 atom stereocenters. The van der Waals surface area contributed by atoms with Crippen LogP contribution in [0.15, 0.2) is 41.8 Å². The van der Waals surface area contributed by atoms with E-state index in [-0.39, 0.29) is 12.4 Å². The van der Waals surface area contributed by atoms with Crippen LogP contribution in [0.5, 0.6) is 5.75 Å². The molecule has 0 aliphatic rings. The van der Waals surface area contributed by atoms with Crippen molar-refractivity contribution in [3.63, 3.8) is 0 Å². The van der Waals surface area contributed by atoms with E-state index in [0.29, 0.717) is 0 Å². The van der Waals surface area contributed by atoms with Crippen LogP contribution in [0, 0.1) is 0 Å². The molecule has 0 bridgehead atoms. The van der Waals surface area contributed by atoms with Crippen molar-refractivity contribution in [2.45, 2.75) is 19.8 Å². The van der Waals surface area contributed by atoms with Gasteiger partial charge in [0.05, 0.1) is 4.88 Å². The van der Waals surface area contributed by atoms with Gasteiger partial charge in [0.15, 0.2) is 6.61 Å². The minimum absolute atomic E-state index is 0.0302. The number of ether oxygens (including phenoxy) is 1. The monoisotopic (exact) mass is 260 g/mol. The highest BCUT2D eigenvalue weighted by atomic mass is 32.1. The Kier molecular flexibility index (Phi) is 4.53. The average Bonchev–Trinajstić information content (AvgIpc) is 2.92. The quantitative estimate of drug-likeness (QED) is 0.735. The van der Waals surface area contributed by atoms with Crippen molar-refractivity contribution in [3.8, 4) is 5.75 Å². The summed E-state index contributed by atoms with van der Waals surface area (Å²) >= 11 is 1.45. The van der Waals surface area contributed by atoms with Crippen LogP contribution in [0.4, 0.5) is 0 Å². The van der Waals surface area contributed by atoms with Gasteiger partial charge in [-0.3, -0.25) is 4.79 Å². The number of rotatable bonds is 6. The lowest BCUT2D eigenvalue weighted by Crippen LogP contribution is -2.09. The Morgan fingerprint density at radius 1 is 1.22 bits per heavy atom. The molecular weight excluding hydrogens is 244 g/mol. The van der Waals surface area contributed by atoms with Crippen LogP contribution in [-0.2, 0) is 6.42 Å². The number of Topliss-reactive ketones (excluding diaryl/α,β-unsaturated/α-hetero) is 1. The Balaban J connectivity index is 1.88. The second-order valence-corrected chi connectivity index (χ2v) is 5.03. The fraction of sp³-hybridized carbons (Fsp3) is 0.267. The number of thiophene rings is 1. The first-order valence-corrected chi connectivity index (χ1v) is 6.96. The summed E-state index contributed by atoms with van der Waals surface area (Å²) in [7, 11) is 0. The molecule has 1 aromatic heterocycles. The standard InChI is InChI=1S/C15H16O2S/c1-2-4-12-6-8-13(9-7-12)17-11-14(16)15-5-3-10-18-15/h3,5-10H,2,4,11H2,1H3. The molecule has 0 amide bonds. The third kappa shape index (κ3) is 3.44. The molecule has 0 spiro atoms. The average molecular weight is 260 g/mol. The summed E-state index contributed by atoms with van der Waals surface area (Å²) in [5, 5.41) is 1.90. The lowest BCUT2D eigenvalue weighted by Gasteiger charge is -2.05. The first-order valence-electron chi connectivity index (χ1n) is 6.08. The number of aryl methyl sites for hydroxylation is 1. The molecule has 0 aliphatic carbocycles. The number of hydrogen-bond acceptors (Lipinski definition) is 3. The Morgan fingerprint density at radius 3 is 2.61 bits per heavy atom. The van der Waals surface area contributed by atoms with E-state index in [9.17, 15) is 4.79 Å². The largest absolute Gasteiger partial charge is 0.485 e. The van der Waals surface area contributed by atoms with Gasteiger partial charge in [-0.2, -0.15) is 0 Å². The van der Waals surface area contributed by atoms with Gasteiger partial charge < -0.3 is 4.74 Å². The highest BCUT2D eigenvalue weighted by Gasteiger charge is 2.07. The van der Waals surface area contributed by atoms with Gasteiger partial charge in [-0.05, 0) is 35.6 Å². The van der Waals surface area contributed by atoms with E-state index in [1.807, 2.05) is 29.6 Å². The summed E-state index contributed by atoms with van der Waals surface area (Å²) in [5.41, 5.74) is 1.30. The number of ketones is 1. The normalized spacial score (nSPS) is 10.3. The van der Waals surface area contributed by atoms with E-state index in [0.717, 1.165) is 23.5 Å². The number of carbonyl (C=O) groups is 1. The van der Waals surface area contributed by atoms with Gasteiger partial charge >= 0.3 is 0 Å². The molecule has 0 saturated carbocycles. The van der Waals surface area contributed by atoms with E-state index < -0.39 is 0 Å². The van der Waals surface area contributed by atoms with Gasteiger partial charge in [-0.1, -0.05) is 31.5 Å². The molecule has 2 rings (SSSR count). The van der Waals surface area contributed by atoms with Gasteiger partial charge in [0.2, 0.25) is 5.78 Å². The molecule has 0 N–H and O–H groups in total. The minimum atomic E-state index is 0.0302. The highest BCUT2D eigenvalue weighted by Crippen LogP contribution is 2.15. The van der Waals surface area contributed by atoms with Crippen LogP contribution in [0.25, 0.3) is 0 Å². The predicted molar refractivity (Wildman–Crippen MR) is 74.6 cm³/mol. The molecule has 0 radical (unpaired) electrons. The third-order valence-corrected chi connectivity index (χ3v) is 3.54. The first kappa shape index (κ1) is 12.8. The maximum absolute atomic E-state index is 11.7. The summed E-state index contributed by atoms with van der Waals surface area (Å²) in [4.78, 5) is 12.5. The van der Waals surface area contributed by atoms with Crippen molar-refractivity contribution >= 4 is 17.1 Å². The summed E-state index contributed by atoms with van der Waals surface area (Å²) in [6, 6.07) is 11.6. The number of benzene rings is 1. The van der Waals surface area contributed by atoms with Crippen molar-refractivity contribution in [1.29, 1.82) is 0 Å². The summed E-state index contributed by atoms with van der Waals surface area (Å²) in [5.74, 6) is 0.780. The smallest absolute Gasteiger partial charge is 0.210 e. The zero-order chi connectivity index (χ0) is 12.8. The summed E-state index contributed by atoms with van der Waals surface area (Å²) in [6.45, 7) is 2.26. The molecular formula is C15H16O2S. The highest BCUT2D eigenvalue weighted by molar-refractivity contribution is 7.12. The second-order valence-electron chi connectivity index (χ2n) is 4.08. The lowest BCUT2D eigenvalue weighted by molar-refractivity contribution is 0.0925. The SMILES string of the molecule is CCCc1ccc(OCC(=O)c2cccs2)cc1. The van der Waals surface area contributed by atoms with Gasteiger partial charge in [0.25, 0.3) is 0 Å². The van der Waals surface area contributed by atoms with Crippen LogP contribution in [0.1, 0.15) is 28.6 Å². The van der Waals surface area contributed by atoms with Gasteiger partial charge in [0, 0.05) is 0 Å². The fourth-order valence-electron chi connectivity index (χ4n) is 1.70. The van der Waals surface area contributed by atoms with Crippen LogP contribution in [0.3, 0.4) is 0 Å². The molecule has 18 heavy (non-hydrogen) atoms. The van der Waals surface area contributed by atoms with Crippen molar-refractivity contribution in [2.75, 3.05) is 6.61 Å². The van der Waals surface area contributed by atoms with Crippen molar-refractivity contribution in [2.24, 2.45) is 0 Å². The first-order chi connectivity index (χ1) is 8.79. The molecule has 94 valence electrons. The van der Waals surface area contributed by atoms with Crippen molar-refractivity contribution in [1.82, 2.24) is 0 Å². The molecule has 2 aromatic rings. The maximum atomic E-state index is 11.7. The lowest BCUT2D eigenvalue weighted by atomic mass is 10.1. The molecule has 0 saturated heterocycles. The van der Waals surface area contributed by atoms with Crippen molar-refractivity contribution < 1.29 is 9.53 Å². The Labute approximate surface area is 111 Å². The fourth-order valence-corrected chi connectivity index (χ4v) is 2.35. The molecule has 3 heteroatoms. The maximum Gasteiger partial charge on any atom is 0.210 e. The third-order valence-electron chi connectivity index (χ3n) is 2.63. The Hall–Kier alpha value is -1.61. The molecule has 0 unspecified atom stereocenters. The number of hydrogen-bond donors (Lipinski definition) is 0. The van der Waals surface area contributed by atoms with Crippen LogP contribution >= 0.6 is 11.3 Å². The Bertz CT molecular complexity index is 486. The van der Waals surface area contributed by atoms with E-state index >= 15 is 0 Å². The van der Waals surface area contributed by atoms with E-state index in [2.05, 4.69) is 19.1 Å². The van der Waals surface area contributed by atoms with Crippen LogP contribution < -0.4 is 4.74 Å². The summed E-state index contributed by atoms with van der Waals surface area (Å²) < 4.78 is 5.48. The predicted octanol–water partition coefficient (Wildman–Crippen LogP) is 3.96.